The second kappa shape index (κ2) is 11.9. The Labute approximate surface area is 228 Å². The van der Waals surface area contributed by atoms with E-state index in [1.165, 1.54) is 23.9 Å². The lowest BCUT2D eigenvalue weighted by Gasteiger charge is -2.06. The van der Waals surface area contributed by atoms with Gasteiger partial charge in [-0.05, 0) is 60.7 Å². The number of methoxy groups -OCH3 is 2. The Kier molecular flexibility index (Phi) is 8.57. The quantitative estimate of drug-likeness (QED) is 0.105. The number of imidazole rings is 1. The van der Waals surface area contributed by atoms with Crippen molar-refractivity contribution in [1.29, 1.82) is 0 Å². The maximum absolute atomic E-state index is 12.6. The SMILES string of the molecule is COc1ccc(-c2nc(SCCNS(=O)(=O)c3ccc(Cl)c([N+](=O)[O-])c3)[nH]c2-c2ccc(OC)cc2)cc1. The standard InChI is InChI=1S/C25H23ClN4O6S2/c1-35-18-7-3-16(4-8-18)23-24(17-5-9-19(36-2)10-6-17)29-25(28-23)37-14-13-27-38(33,34)20-11-12-21(26)22(15-20)30(31)32/h3-12,15,27H,13-14H2,1-2H3,(H,28,29). The van der Waals surface area contributed by atoms with Crippen molar-refractivity contribution in [2.45, 2.75) is 10.1 Å². The van der Waals surface area contributed by atoms with Crippen LogP contribution in [0.1, 0.15) is 0 Å². The summed E-state index contributed by atoms with van der Waals surface area (Å²) in [7, 11) is -0.767. The highest BCUT2D eigenvalue weighted by atomic mass is 35.5. The number of nitrogens with zero attached hydrogens (tertiary/aromatic N) is 2. The van der Waals surface area contributed by atoms with Gasteiger partial charge in [-0.25, -0.2) is 18.1 Å². The average molecular weight is 575 g/mol. The van der Waals surface area contributed by atoms with E-state index in [4.69, 9.17) is 26.1 Å². The van der Waals surface area contributed by atoms with Crippen molar-refractivity contribution in [3.05, 3.63) is 81.9 Å². The molecule has 198 valence electrons. The molecule has 0 fully saturated rings. The number of halogens is 1. The average Bonchev–Trinajstić information content (AvgIpc) is 3.35. The number of ether oxygens (including phenoxy) is 2. The number of sulfonamides is 1. The van der Waals surface area contributed by atoms with Crippen LogP contribution in [0.25, 0.3) is 22.5 Å². The predicted molar refractivity (Wildman–Crippen MR) is 147 cm³/mol. The highest BCUT2D eigenvalue weighted by Crippen LogP contribution is 2.34. The van der Waals surface area contributed by atoms with Gasteiger partial charge in [0.2, 0.25) is 10.0 Å². The molecule has 0 aliphatic rings. The maximum atomic E-state index is 12.6. The van der Waals surface area contributed by atoms with E-state index in [1.807, 2.05) is 48.5 Å². The number of aromatic amines is 1. The molecule has 0 atom stereocenters. The van der Waals surface area contributed by atoms with Gasteiger partial charge >= 0.3 is 0 Å². The summed E-state index contributed by atoms with van der Waals surface area (Å²) < 4.78 is 38.2. The van der Waals surface area contributed by atoms with E-state index in [9.17, 15) is 18.5 Å². The molecule has 1 heterocycles. The fraction of sp³-hybridized carbons (Fsp3) is 0.160. The molecule has 0 saturated heterocycles. The first kappa shape index (κ1) is 27.5. The van der Waals surface area contributed by atoms with Gasteiger partial charge in [0, 0.05) is 29.5 Å². The fourth-order valence-electron chi connectivity index (χ4n) is 3.55. The van der Waals surface area contributed by atoms with Crippen molar-refractivity contribution in [2.75, 3.05) is 26.5 Å². The Morgan fingerprint density at radius 1 is 1.00 bits per heavy atom. The van der Waals surface area contributed by atoms with Crippen LogP contribution < -0.4 is 14.2 Å². The minimum Gasteiger partial charge on any atom is -0.497 e. The van der Waals surface area contributed by atoms with Gasteiger partial charge in [-0.1, -0.05) is 23.4 Å². The number of hydrogen-bond acceptors (Lipinski definition) is 8. The van der Waals surface area contributed by atoms with Crippen LogP contribution in [0.5, 0.6) is 11.5 Å². The lowest BCUT2D eigenvalue weighted by Crippen LogP contribution is -2.26. The molecule has 10 nitrogen and oxygen atoms in total. The van der Waals surface area contributed by atoms with E-state index in [0.29, 0.717) is 10.9 Å². The normalized spacial score (nSPS) is 11.3. The Bertz CT molecular complexity index is 1480. The van der Waals surface area contributed by atoms with Gasteiger partial charge in [-0.2, -0.15) is 0 Å². The summed E-state index contributed by atoms with van der Waals surface area (Å²) in [6.07, 6.45) is 0. The topological polar surface area (TPSA) is 136 Å². The second-order valence-electron chi connectivity index (χ2n) is 7.84. The zero-order valence-corrected chi connectivity index (χ0v) is 22.7. The zero-order valence-electron chi connectivity index (χ0n) is 20.3. The number of thioether (sulfide) groups is 1. The van der Waals surface area contributed by atoms with E-state index in [2.05, 4.69) is 9.71 Å². The lowest BCUT2D eigenvalue weighted by atomic mass is 10.0. The predicted octanol–water partition coefficient (Wildman–Crippen LogP) is 5.39. The van der Waals surface area contributed by atoms with Crippen LogP contribution in [0.3, 0.4) is 0 Å². The number of aromatic nitrogens is 2. The molecule has 2 N–H and O–H groups in total. The number of nitrogens with one attached hydrogen (secondary N) is 2. The molecule has 4 aromatic rings. The summed E-state index contributed by atoms with van der Waals surface area (Å²) in [5, 5.41) is 11.6. The smallest absolute Gasteiger partial charge is 0.289 e. The monoisotopic (exact) mass is 574 g/mol. The summed E-state index contributed by atoms with van der Waals surface area (Å²) in [4.78, 5) is 18.2. The maximum Gasteiger partial charge on any atom is 0.289 e. The Balaban J connectivity index is 1.51. The van der Waals surface area contributed by atoms with Gasteiger partial charge in [0.1, 0.15) is 16.5 Å². The molecule has 0 bridgehead atoms. The van der Waals surface area contributed by atoms with E-state index in [0.717, 1.165) is 40.1 Å². The van der Waals surface area contributed by atoms with Gasteiger partial charge in [-0.3, -0.25) is 10.1 Å². The van der Waals surface area contributed by atoms with Gasteiger partial charge in [0.05, 0.1) is 35.4 Å². The van der Waals surface area contributed by atoms with E-state index >= 15 is 0 Å². The highest BCUT2D eigenvalue weighted by molar-refractivity contribution is 7.99. The molecule has 0 spiro atoms. The molecule has 13 heteroatoms. The van der Waals surface area contributed by atoms with Gasteiger partial charge in [0.15, 0.2) is 5.16 Å². The van der Waals surface area contributed by atoms with E-state index in [1.54, 1.807) is 14.2 Å². The van der Waals surface area contributed by atoms with Crippen LogP contribution in [-0.4, -0.2) is 49.8 Å². The van der Waals surface area contributed by atoms with Crippen LogP contribution >= 0.6 is 23.4 Å². The zero-order chi connectivity index (χ0) is 27.3. The molecule has 1 aromatic heterocycles. The second-order valence-corrected chi connectivity index (χ2v) is 11.1. The van der Waals surface area contributed by atoms with Crippen LogP contribution in [0, 0.1) is 10.1 Å². The first-order chi connectivity index (χ1) is 18.2. The number of benzene rings is 3. The minimum absolute atomic E-state index is 0.0693. The van der Waals surface area contributed by atoms with Gasteiger partial charge in [0.25, 0.3) is 5.69 Å². The first-order valence-corrected chi connectivity index (χ1v) is 14.0. The molecular weight excluding hydrogens is 552 g/mol. The highest BCUT2D eigenvalue weighted by Gasteiger charge is 2.21. The van der Waals surface area contributed by atoms with Crippen LogP contribution in [0.2, 0.25) is 5.02 Å². The third-order valence-corrected chi connectivity index (χ3v) is 8.14. The summed E-state index contributed by atoms with van der Waals surface area (Å²) in [5.41, 5.74) is 2.84. The molecule has 0 radical (unpaired) electrons. The molecule has 0 aliphatic carbocycles. The summed E-state index contributed by atoms with van der Waals surface area (Å²) in [6, 6.07) is 18.4. The summed E-state index contributed by atoms with van der Waals surface area (Å²) in [5.74, 6) is 1.81. The molecule has 0 aliphatic heterocycles. The van der Waals surface area contributed by atoms with Crippen molar-refractivity contribution in [1.82, 2.24) is 14.7 Å². The van der Waals surface area contributed by atoms with Crippen molar-refractivity contribution in [3.63, 3.8) is 0 Å². The third-order valence-electron chi connectivity index (χ3n) is 5.48. The van der Waals surface area contributed by atoms with Crippen molar-refractivity contribution < 1.29 is 22.8 Å². The Morgan fingerprint density at radius 2 is 1.61 bits per heavy atom. The molecule has 38 heavy (non-hydrogen) atoms. The number of nitro groups is 1. The number of hydrogen-bond donors (Lipinski definition) is 2. The van der Waals surface area contributed by atoms with Gasteiger partial charge < -0.3 is 14.5 Å². The molecule has 0 amide bonds. The van der Waals surface area contributed by atoms with Crippen molar-refractivity contribution >= 4 is 39.1 Å². The minimum atomic E-state index is -3.97. The number of rotatable bonds is 11. The van der Waals surface area contributed by atoms with Crippen molar-refractivity contribution in [3.8, 4) is 34.0 Å². The van der Waals surface area contributed by atoms with E-state index in [-0.39, 0.29) is 16.5 Å². The Hall–Kier alpha value is -3.58. The molecular formula is C25H23ClN4O6S2. The molecule has 0 saturated carbocycles. The first-order valence-electron chi connectivity index (χ1n) is 11.2. The summed E-state index contributed by atoms with van der Waals surface area (Å²) in [6.45, 7) is 0.0693. The number of nitro benzene ring substituents is 1. The summed E-state index contributed by atoms with van der Waals surface area (Å²) >= 11 is 7.12. The molecule has 4 rings (SSSR count). The largest absolute Gasteiger partial charge is 0.497 e. The van der Waals surface area contributed by atoms with Crippen LogP contribution in [0.15, 0.2) is 76.8 Å². The molecule has 3 aromatic carbocycles. The fourth-order valence-corrected chi connectivity index (χ4v) is 5.65. The lowest BCUT2D eigenvalue weighted by molar-refractivity contribution is -0.384. The third kappa shape index (κ3) is 6.27. The number of H-pyrrole nitrogens is 1. The Morgan fingerprint density at radius 3 is 2.18 bits per heavy atom. The van der Waals surface area contributed by atoms with Crippen LogP contribution in [0.4, 0.5) is 5.69 Å². The van der Waals surface area contributed by atoms with Crippen molar-refractivity contribution in [2.24, 2.45) is 0 Å². The van der Waals surface area contributed by atoms with Crippen LogP contribution in [-0.2, 0) is 10.0 Å². The molecule has 0 unspecified atom stereocenters. The van der Waals surface area contributed by atoms with Gasteiger partial charge in [-0.15, -0.1) is 0 Å². The van der Waals surface area contributed by atoms with E-state index < -0.39 is 20.6 Å².